The third kappa shape index (κ3) is 4.80. The molecule has 123 valence electrons. The van der Waals surface area contributed by atoms with E-state index in [-0.39, 0.29) is 11.1 Å². The Bertz CT molecular complexity index is 691. The molecule has 1 radical (unpaired) electrons. The zero-order valence-electron chi connectivity index (χ0n) is 11.5. The number of para-hydroxylation sites is 1. The van der Waals surface area contributed by atoms with E-state index in [1.54, 1.807) is 0 Å². The van der Waals surface area contributed by atoms with Gasteiger partial charge in [-0.3, -0.25) is 0 Å². The highest BCUT2D eigenvalue weighted by Gasteiger charge is 2.34. The van der Waals surface area contributed by atoms with Gasteiger partial charge in [0, 0.05) is 11.1 Å². The lowest BCUT2D eigenvalue weighted by Gasteiger charge is -2.17. The minimum Gasteiger partial charge on any atom is -0.405 e. The molecule has 0 heterocycles. The number of hydrogen-bond acceptors (Lipinski definition) is 2. The standard InChI is InChI=1S/C15H9F6O2/c1-9-6-7-13(23-15(19,20)21)11(8-9)10-4-2-3-5-12(10)22-14(16,17)18/h2-5,7-8H,1H3. The molecule has 2 aromatic carbocycles. The maximum atomic E-state index is 12.5. The van der Waals surface area contributed by atoms with Crippen molar-refractivity contribution in [1.29, 1.82) is 0 Å². The monoisotopic (exact) mass is 335 g/mol. The van der Waals surface area contributed by atoms with Crippen molar-refractivity contribution in [3.8, 4) is 22.6 Å². The van der Waals surface area contributed by atoms with E-state index in [9.17, 15) is 26.3 Å². The van der Waals surface area contributed by atoms with Crippen LogP contribution in [-0.2, 0) is 0 Å². The molecule has 8 heteroatoms. The first-order valence-corrected chi connectivity index (χ1v) is 6.18. The molecule has 0 aliphatic rings. The van der Waals surface area contributed by atoms with Gasteiger partial charge in [-0.1, -0.05) is 18.2 Å². The van der Waals surface area contributed by atoms with Crippen LogP contribution in [-0.4, -0.2) is 12.7 Å². The SMILES string of the molecule is Cc1[c]cc(OC(F)(F)F)c(-c2ccccc2OC(F)(F)F)c1. The van der Waals surface area contributed by atoms with E-state index >= 15 is 0 Å². The van der Waals surface area contributed by atoms with Crippen LogP contribution >= 0.6 is 0 Å². The fourth-order valence-corrected chi connectivity index (χ4v) is 1.91. The Labute approximate surface area is 127 Å². The maximum absolute atomic E-state index is 12.5. The van der Waals surface area contributed by atoms with E-state index in [1.807, 2.05) is 0 Å². The van der Waals surface area contributed by atoms with Gasteiger partial charge in [0.15, 0.2) is 0 Å². The predicted molar refractivity (Wildman–Crippen MR) is 68.8 cm³/mol. The summed E-state index contributed by atoms with van der Waals surface area (Å²) in [5.41, 5.74) is 0.0657. The molecular weight excluding hydrogens is 326 g/mol. The van der Waals surface area contributed by atoms with E-state index < -0.39 is 24.2 Å². The molecule has 2 aromatic rings. The molecule has 0 atom stereocenters. The molecule has 0 N–H and O–H groups in total. The van der Waals surface area contributed by atoms with Crippen molar-refractivity contribution in [3.63, 3.8) is 0 Å². The molecule has 0 saturated carbocycles. The maximum Gasteiger partial charge on any atom is 0.573 e. The van der Waals surface area contributed by atoms with Crippen molar-refractivity contribution in [2.45, 2.75) is 19.6 Å². The zero-order valence-corrected chi connectivity index (χ0v) is 11.5. The van der Waals surface area contributed by atoms with Gasteiger partial charge in [0.2, 0.25) is 0 Å². The first-order valence-electron chi connectivity index (χ1n) is 6.18. The lowest BCUT2D eigenvalue weighted by Crippen LogP contribution is -2.19. The van der Waals surface area contributed by atoms with E-state index in [2.05, 4.69) is 15.5 Å². The van der Waals surface area contributed by atoms with Gasteiger partial charge in [-0.25, -0.2) is 0 Å². The number of alkyl halides is 6. The number of rotatable bonds is 3. The second-order valence-corrected chi connectivity index (χ2v) is 4.49. The van der Waals surface area contributed by atoms with Gasteiger partial charge in [-0.05, 0) is 36.8 Å². The fraction of sp³-hybridized carbons (Fsp3) is 0.200. The summed E-state index contributed by atoms with van der Waals surface area (Å²) in [7, 11) is 0. The fourth-order valence-electron chi connectivity index (χ4n) is 1.91. The highest BCUT2D eigenvalue weighted by Crippen LogP contribution is 2.40. The van der Waals surface area contributed by atoms with Crippen molar-refractivity contribution >= 4 is 0 Å². The molecule has 0 amide bonds. The molecule has 0 saturated heterocycles. The molecule has 0 fully saturated rings. The average molecular weight is 335 g/mol. The number of aryl methyl sites for hydroxylation is 1. The summed E-state index contributed by atoms with van der Waals surface area (Å²) in [5, 5.41) is 0. The minimum atomic E-state index is -4.99. The third-order valence-electron chi connectivity index (χ3n) is 2.69. The van der Waals surface area contributed by atoms with E-state index in [1.165, 1.54) is 31.2 Å². The number of halogens is 6. The number of ether oxygens (including phenoxy) is 2. The molecule has 23 heavy (non-hydrogen) atoms. The number of hydrogen-bond donors (Lipinski definition) is 0. The van der Waals surface area contributed by atoms with Crippen LogP contribution in [0.5, 0.6) is 11.5 Å². The Hall–Kier alpha value is -2.38. The molecule has 2 nitrogen and oxygen atoms in total. The summed E-state index contributed by atoms with van der Waals surface area (Å²) in [5.74, 6) is -1.29. The van der Waals surface area contributed by atoms with Crippen LogP contribution in [0.15, 0.2) is 36.4 Å². The molecule has 0 aromatic heterocycles. The molecule has 2 rings (SSSR count). The summed E-state index contributed by atoms with van der Waals surface area (Å²) >= 11 is 0. The molecule has 0 aliphatic heterocycles. The van der Waals surface area contributed by atoms with E-state index in [0.717, 1.165) is 12.1 Å². The summed E-state index contributed by atoms with van der Waals surface area (Å²) in [6, 6.07) is 9.53. The molecule has 0 unspecified atom stereocenters. The summed E-state index contributed by atoms with van der Waals surface area (Å²) in [4.78, 5) is 0. The van der Waals surface area contributed by atoms with Crippen LogP contribution in [0.25, 0.3) is 11.1 Å². The predicted octanol–water partition coefficient (Wildman–Crippen LogP) is 5.26. The average Bonchev–Trinajstić information content (AvgIpc) is 2.38. The van der Waals surface area contributed by atoms with Gasteiger partial charge in [-0.2, -0.15) is 0 Å². The Kier molecular flexibility index (Phi) is 4.44. The van der Waals surface area contributed by atoms with Crippen molar-refractivity contribution in [2.75, 3.05) is 0 Å². The van der Waals surface area contributed by atoms with Crippen molar-refractivity contribution in [1.82, 2.24) is 0 Å². The second-order valence-electron chi connectivity index (χ2n) is 4.49. The molecule has 0 aliphatic carbocycles. The second kappa shape index (κ2) is 6.02. The summed E-state index contributed by atoms with van der Waals surface area (Å²) in [6.45, 7) is 1.54. The van der Waals surface area contributed by atoms with Gasteiger partial charge in [0.25, 0.3) is 0 Å². The van der Waals surface area contributed by atoms with Crippen LogP contribution in [0.3, 0.4) is 0 Å². The first kappa shape index (κ1) is 17.0. The topological polar surface area (TPSA) is 18.5 Å². The first-order chi connectivity index (χ1) is 10.6. The highest BCUT2D eigenvalue weighted by atomic mass is 19.4. The Morgan fingerprint density at radius 1 is 0.826 bits per heavy atom. The quantitative estimate of drug-likeness (QED) is 0.713. The number of benzene rings is 2. The van der Waals surface area contributed by atoms with Crippen molar-refractivity contribution in [2.24, 2.45) is 0 Å². The van der Waals surface area contributed by atoms with Crippen LogP contribution in [0.1, 0.15) is 5.56 Å². The van der Waals surface area contributed by atoms with Gasteiger partial charge in [0.05, 0.1) is 0 Å². The molecular formula is C15H9F6O2. The van der Waals surface area contributed by atoms with Crippen LogP contribution in [0, 0.1) is 13.0 Å². The zero-order chi connectivity index (χ0) is 17.3. The minimum absolute atomic E-state index is 0.179. The summed E-state index contributed by atoms with van der Waals surface area (Å²) < 4.78 is 82.5. The highest BCUT2D eigenvalue weighted by molar-refractivity contribution is 5.76. The molecule has 0 spiro atoms. The van der Waals surface area contributed by atoms with Gasteiger partial charge < -0.3 is 9.47 Å². The van der Waals surface area contributed by atoms with Crippen molar-refractivity contribution < 1.29 is 35.8 Å². The van der Waals surface area contributed by atoms with Gasteiger partial charge in [-0.15, -0.1) is 26.3 Å². The third-order valence-corrected chi connectivity index (χ3v) is 2.69. The van der Waals surface area contributed by atoms with E-state index in [0.29, 0.717) is 5.56 Å². The Balaban J connectivity index is 2.56. The summed E-state index contributed by atoms with van der Waals surface area (Å²) in [6.07, 6.45) is -9.96. The largest absolute Gasteiger partial charge is 0.573 e. The van der Waals surface area contributed by atoms with E-state index in [4.69, 9.17) is 0 Å². The Morgan fingerprint density at radius 2 is 1.39 bits per heavy atom. The normalized spacial score (nSPS) is 12.1. The van der Waals surface area contributed by atoms with Crippen LogP contribution in [0.2, 0.25) is 0 Å². The van der Waals surface area contributed by atoms with Gasteiger partial charge in [0.1, 0.15) is 11.5 Å². The Morgan fingerprint density at radius 3 is 2.00 bits per heavy atom. The van der Waals surface area contributed by atoms with Crippen LogP contribution < -0.4 is 9.47 Å². The lowest BCUT2D eigenvalue weighted by molar-refractivity contribution is -0.276. The van der Waals surface area contributed by atoms with Gasteiger partial charge >= 0.3 is 12.7 Å². The van der Waals surface area contributed by atoms with Crippen molar-refractivity contribution in [3.05, 3.63) is 48.0 Å². The molecule has 0 bridgehead atoms. The smallest absolute Gasteiger partial charge is 0.405 e. The lowest BCUT2D eigenvalue weighted by atomic mass is 10.0. The van der Waals surface area contributed by atoms with Crippen LogP contribution in [0.4, 0.5) is 26.3 Å².